The summed E-state index contributed by atoms with van der Waals surface area (Å²) in [6.45, 7) is 2.11. The lowest BCUT2D eigenvalue weighted by atomic mass is 9.97. The van der Waals surface area contributed by atoms with Gasteiger partial charge in [-0.1, -0.05) is 0 Å². The number of ether oxygens (including phenoxy) is 4. The highest BCUT2D eigenvalue weighted by Gasteiger charge is 2.53. The molecule has 2 aromatic heterocycles. The van der Waals surface area contributed by atoms with Gasteiger partial charge in [-0.25, -0.2) is 14.3 Å². The van der Waals surface area contributed by atoms with E-state index in [9.17, 15) is 15.0 Å². The van der Waals surface area contributed by atoms with Crippen LogP contribution in [0, 0.1) is 0 Å². The minimum atomic E-state index is -1.34. The van der Waals surface area contributed by atoms with Crippen LogP contribution in [-0.2, 0) is 18.9 Å². The number of aliphatic hydroxyl groups excluding tert-OH is 2. The zero-order valence-corrected chi connectivity index (χ0v) is 15.2. The number of hydrogen-bond donors (Lipinski definition) is 3. The van der Waals surface area contributed by atoms with Gasteiger partial charge in [0.05, 0.1) is 18.9 Å². The van der Waals surface area contributed by atoms with E-state index in [0.717, 1.165) is 0 Å². The Morgan fingerprint density at radius 1 is 1.46 bits per heavy atom. The topological polar surface area (TPSA) is 151 Å². The Hall–Kier alpha value is -2.47. The molecule has 2 fully saturated rings. The largest absolute Gasteiger partial charge is 0.508 e. The van der Waals surface area contributed by atoms with Gasteiger partial charge in [-0.2, -0.15) is 5.10 Å². The molecule has 2 saturated heterocycles. The van der Waals surface area contributed by atoms with E-state index >= 15 is 0 Å². The Bertz CT molecular complexity index is 868. The number of carbonyl (C=O) groups is 1. The van der Waals surface area contributed by atoms with Crippen LogP contribution in [0.1, 0.15) is 25.1 Å². The molecule has 0 amide bonds. The molecule has 4 N–H and O–H groups in total. The van der Waals surface area contributed by atoms with Gasteiger partial charge in [0, 0.05) is 6.42 Å². The summed E-state index contributed by atoms with van der Waals surface area (Å²) in [5, 5.41) is 25.2. The number of anilines is 1. The maximum absolute atomic E-state index is 11.9. The molecule has 2 aliphatic heterocycles. The third-order valence-electron chi connectivity index (χ3n) is 5.09. The molecule has 0 unspecified atom stereocenters. The van der Waals surface area contributed by atoms with Crippen LogP contribution in [0.5, 0.6) is 0 Å². The Kier molecular flexibility index (Phi) is 4.83. The van der Waals surface area contributed by atoms with E-state index in [1.54, 1.807) is 19.1 Å². The summed E-state index contributed by atoms with van der Waals surface area (Å²) in [4.78, 5) is 15.8. The lowest BCUT2D eigenvalue weighted by Crippen LogP contribution is -2.45. The molecule has 0 aliphatic carbocycles. The molecule has 0 radical (unpaired) electrons. The van der Waals surface area contributed by atoms with E-state index in [-0.39, 0.29) is 18.5 Å². The quantitative estimate of drug-likeness (QED) is 0.595. The van der Waals surface area contributed by atoms with Gasteiger partial charge < -0.3 is 34.9 Å². The summed E-state index contributed by atoms with van der Waals surface area (Å²) in [7, 11) is 0. The van der Waals surface area contributed by atoms with Gasteiger partial charge in [0.1, 0.15) is 48.5 Å². The van der Waals surface area contributed by atoms with Crippen LogP contribution in [0.25, 0.3) is 5.52 Å². The van der Waals surface area contributed by atoms with Crippen molar-refractivity contribution in [2.75, 3.05) is 25.6 Å². The molecule has 5 atom stereocenters. The zero-order valence-electron chi connectivity index (χ0n) is 15.2. The van der Waals surface area contributed by atoms with Gasteiger partial charge in [0.25, 0.3) is 0 Å². The summed E-state index contributed by atoms with van der Waals surface area (Å²) >= 11 is 0. The predicted molar refractivity (Wildman–Crippen MR) is 93.3 cm³/mol. The van der Waals surface area contributed by atoms with Gasteiger partial charge in [-0.3, -0.25) is 0 Å². The van der Waals surface area contributed by atoms with Crippen LogP contribution in [0.3, 0.4) is 0 Å². The normalized spacial score (nSPS) is 32.7. The Morgan fingerprint density at radius 2 is 2.29 bits per heavy atom. The third kappa shape index (κ3) is 3.26. The Morgan fingerprint density at radius 3 is 3.04 bits per heavy atom. The maximum Gasteiger partial charge on any atom is 0.508 e. The van der Waals surface area contributed by atoms with Crippen LogP contribution in [0.4, 0.5) is 10.6 Å². The highest BCUT2D eigenvalue weighted by Crippen LogP contribution is 2.40. The van der Waals surface area contributed by atoms with Crippen molar-refractivity contribution in [3.05, 3.63) is 24.2 Å². The fourth-order valence-corrected chi connectivity index (χ4v) is 3.48. The summed E-state index contributed by atoms with van der Waals surface area (Å²) in [5.41, 5.74) is 5.53. The number of nitrogens with two attached hydrogens (primary N) is 1. The van der Waals surface area contributed by atoms with Crippen LogP contribution in [-0.4, -0.2) is 74.7 Å². The average molecular weight is 394 g/mol. The first-order valence-electron chi connectivity index (χ1n) is 8.92. The standard InChI is InChI=1S/C17H22N4O7/c1-17(7-26-16(24)27-9-4-5-25-6-9)14(23)12(22)13(28-17)10-2-3-11-15(18)19-8-20-21(10)11/h2-3,8-9,12-14,22-23H,4-7H2,1H3,(H2,18,19,20)/t9-,12+,13+,14+,17-/m1/s1. The predicted octanol–water partition coefficient (Wildman–Crippen LogP) is -0.195. The molecule has 152 valence electrons. The van der Waals surface area contributed by atoms with Crippen molar-refractivity contribution in [1.82, 2.24) is 14.6 Å². The van der Waals surface area contributed by atoms with Crippen LogP contribution in [0.15, 0.2) is 18.5 Å². The smallest absolute Gasteiger partial charge is 0.431 e. The number of hydrogen-bond acceptors (Lipinski definition) is 10. The van der Waals surface area contributed by atoms with E-state index in [1.165, 1.54) is 10.8 Å². The minimum absolute atomic E-state index is 0.277. The van der Waals surface area contributed by atoms with Crippen molar-refractivity contribution in [3.63, 3.8) is 0 Å². The lowest BCUT2D eigenvalue weighted by Gasteiger charge is -2.27. The molecule has 11 heteroatoms. The zero-order chi connectivity index (χ0) is 19.9. The number of carbonyl (C=O) groups excluding carboxylic acids is 1. The van der Waals surface area contributed by atoms with Gasteiger partial charge in [-0.05, 0) is 19.1 Å². The molecular weight excluding hydrogens is 372 g/mol. The Balaban J connectivity index is 1.47. The summed E-state index contributed by atoms with van der Waals surface area (Å²) < 4.78 is 22.8. The molecular formula is C17H22N4O7. The second-order valence-electron chi connectivity index (χ2n) is 7.13. The minimum Gasteiger partial charge on any atom is -0.431 e. The van der Waals surface area contributed by atoms with E-state index < -0.39 is 30.1 Å². The van der Waals surface area contributed by atoms with E-state index in [2.05, 4.69) is 10.1 Å². The van der Waals surface area contributed by atoms with Crippen LogP contribution >= 0.6 is 0 Å². The van der Waals surface area contributed by atoms with Crippen molar-refractivity contribution in [2.24, 2.45) is 0 Å². The first-order valence-corrected chi connectivity index (χ1v) is 8.92. The van der Waals surface area contributed by atoms with E-state index in [4.69, 9.17) is 24.7 Å². The SMILES string of the molecule is C[C@]1(COC(=O)O[C@@H]2CCOC2)O[C@@H](c2ccc3c(N)ncnn23)[C@H](O)[C@@H]1O. The van der Waals surface area contributed by atoms with E-state index in [0.29, 0.717) is 30.8 Å². The molecule has 11 nitrogen and oxygen atoms in total. The second kappa shape index (κ2) is 7.17. The number of aromatic nitrogens is 3. The van der Waals surface area contributed by atoms with Gasteiger partial charge in [0.15, 0.2) is 5.82 Å². The van der Waals surface area contributed by atoms with Crippen LogP contribution in [0.2, 0.25) is 0 Å². The second-order valence-corrected chi connectivity index (χ2v) is 7.13. The van der Waals surface area contributed by atoms with Gasteiger partial charge in [0.2, 0.25) is 0 Å². The number of nitrogens with zero attached hydrogens (tertiary/aromatic N) is 3. The van der Waals surface area contributed by atoms with Crippen molar-refractivity contribution in [1.29, 1.82) is 0 Å². The molecule has 4 heterocycles. The molecule has 2 aliphatic rings. The molecule has 2 aromatic rings. The summed E-state index contributed by atoms with van der Waals surface area (Å²) in [6, 6.07) is 3.38. The number of nitrogen functional groups attached to an aromatic ring is 1. The van der Waals surface area contributed by atoms with Crippen molar-refractivity contribution >= 4 is 17.5 Å². The van der Waals surface area contributed by atoms with Crippen molar-refractivity contribution in [3.8, 4) is 0 Å². The Labute approximate surface area is 160 Å². The highest BCUT2D eigenvalue weighted by molar-refractivity contribution is 5.65. The first-order chi connectivity index (χ1) is 13.4. The molecule has 0 bridgehead atoms. The lowest BCUT2D eigenvalue weighted by molar-refractivity contribution is -0.111. The summed E-state index contributed by atoms with van der Waals surface area (Å²) in [6.07, 6.45) is -2.79. The van der Waals surface area contributed by atoms with Crippen molar-refractivity contribution < 1.29 is 34.0 Å². The first kappa shape index (κ1) is 18.9. The molecule has 0 spiro atoms. The summed E-state index contributed by atoms with van der Waals surface area (Å²) in [5.74, 6) is 0.277. The molecule has 4 rings (SSSR count). The number of fused-ring (bicyclic) bond motifs is 1. The third-order valence-corrected chi connectivity index (χ3v) is 5.09. The van der Waals surface area contributed by atoms with E-state index in [1.807, 2.05) is 0 Å². The van der Waals surface area contributed by atoms with Gasteiger partial charge >= 0.3 is 6.16 Å². The molecule has 0 aromatic carbocycles. The van der Waals surface area contributed by atoms with Crippen molar-refractivity contribution in [2.45, 2.75) is 43.4 Å². The average Bonchev–Trinajstić information content (AvgIpc) is 3.38. The highest BCUT2D eigenvalue weighted by atomic mass is 16.7. The molecule has 28 heavy (non-hydrogen) atoms. The maximum atomic E-state index is 11.9. The monoisotopic (exact) mass is 394 g/mol. The number of aliphatic hydroxyl groups is 2. The van der Waals surface area contributed by atoms with Gasteiger partial charge in [-0.15, -0.1) is 0 Å². The fraction of sp³-hybridized carbons (Fsp3) is 0.588. The molecule has 0 saturated carbocycles. The van der Waals surface area contributed by atoms with Crippen LogP contribution < -0.4 is 5.73 Å². The fourth-order valence-electron chi connectivity index (χ4n) is 3.48. The number of rotatable bonds is 4.